The van der Waals surface area contributed by atoms with Gasteiger partial charge in [-0.1, -0.05) is 5.16 Å². The van der Waals surface area contributed by atoms with Crippen LogP contribution in [0.5, 0.6) is 0 Å². The molecule has 2 aromatic heterocycles. The van der Waals surface area contributed by atoms with Gasteiger partial charge in [0.1, 0.15) is 6.54 Å². The van der Waals surface area contributed by atoms with Crippen LogP contribution in [-0.2, 0) is 11.3 Å². The second-order valence-corrected chi connectivity index (χ2v) is 4.58. The molecule has 2 aromatic rings. The van der Waals surface area contributed by atoms with Crippen molar-refractivity contribution < 1.29 is 9.26 Å². The number of hydrogen-bond donors (Lipinski definition) is 0. The third-order valence-corrected chi connectivity index (χ3v) is 3.06. The highest BCUT2D eigenvalue weighted by molar-refractivity contribution is 5.00. The Labute approximate surface area is 109 Å². The van der Waals surface area contributed by atoms with E-state index in [4.69, 9.17) is 9.26 Å². The van der Waals surface area contributed by atoms with E-state index in [9.17, 15) is 4.79 Å². The summed E-state index contributed by atoms with van der Waals surface area (Å²) >= 11 is 0. The maximum absolute atomic E-state index is 11.6. The zero-order valence-corrected chi connectivity index (χ0v) is 10.6. The fourth-order valence-electron chi connectivity index (χ4n) is 2.03. The van der Waals surface area contributed by atoms with Crippen molar-refractivity contribution in [2.24, 2.45) is 0 Å². The smallest absolute Gasteiger partial charge is 0.267 e. The SMILES string of the molecule is Cc1ccc(=O)n(Cc2nc(C3CCOC3)no2)n1. The van der Waals surface area contributed by atoms with E-state index >= 15 is 0 Å². The van der Waals surface area contributed by atoms with E-state index in [1.165, 1.54) is 10.7 Å². The Morgan fingerprint density at radius 1 is 1.47 bits per heavy atom. The first kappa shape index (κ1) is 12.0. The molecular formula is C12H14N4O3. The van der Waals surface area contributed by atoms with Gasteiger partial charge in [-0.25, -0.2) is 4.68 Å². The van der Waals surface area contributed by atoms with Crippen LogP contribution in [0.2, 0.25) is 0 Å². The van der Waals surface area contributed by atoms with E-state index in [2.05, 4.69) is 15.2 Å². The Hall–Kier alpha value is -2.02. The summed E-state index contributed by atoms with van der Waals surface area (Å²) in [5.41, 5.74) is 0.582. The standard InChI is InChI=1S/C12H14N4O3/c1-8-2-3-11(17)16(14-8)6-10-13-12(15-19-10)9-4-5-18-7-9/h2-3,9H,4-7H2,1H3. The lowest BCUT2D eigenvalue weighted by atomic mass is 10.1. The van der Waals surface area contributed by atoms with E-state index in [1.807, 2.05) is 6.92 Å². The molecule has 0 N–H and O–H groups in total. The van der Waals surface area contributed by atoms with Crippen molar-refractivity contribution in [1.29, 1.82) is 0 Å². The third kappa shape index (κ3) is 2.55. The molecule has 3 rings (SSSR count). The first-order chi connectivity index (χ1) is 9.22. The lowest BCUT2D eigenvalue weighted by molar-refractivity contribution is 0.192. The minimum absolute atomic E-state index is 0.186. The molecule has 7 nitrogen and oxygen atoms in total. The minimum atomic E-state index is -0.186. The zero-order chi connectivity index (χ0) is 13.2. The lowest BCUT2D eigenvalue weighted by Crippen LogP contribution is -2.23. The molecule has 0 amide bonds. The van der Waals surface area contributed by atoms with Crippen LogP contribution >= 0.6 is 0 Å². The van der Waals surface area contributed by atoms with Gasteiger partial charge in [0.25, 0.3) is 5.56 Å². The molecular weight excluding hydrogens is 248 g/mol. The van der Waals surface area contributed by atoms with Crippen molar-refractivity contribution in [3.63, 3.8) is 0 Å². The van der Waals surface area contributed by atoms with Crippen LogP contribution in [0.1, 0.15) is 29.7 Å². The largest absolute Gasteiger partial charge is 0.381 e. The Morgan fingerprint density at radius 3 is 3.16 bits per heavy atom. The van der Waals surface area contributed by atoms with E-state index < -0.39 is 0 Å². The normalized spacial score (nSPS) is 18.9. The third-order valence-electron chi connectivity index (χ3n) is 3.06. The van der Waals surface area contributed by atoms with Gasteiger partial charge in [0.2, 0.25) is 5.89 Å². The van der Waals surface area contributed by atoms with Gasteiger partial charge < -0.3 is 9.26 Å². The molecule has 0 aromatic carbocycles. The number of nitrogens with zero attached hydrogens (tertiary/aromatic N) is 4. The van der Waals surface area contributed by atoms with Crippen LogP contribution in [0.3, 0.4) is 0 Å². The summed E-state index contributed by atoms with van der Waals surface area (Å²) in [5, 5.41) is 8.06. The average molecular weight is 262 g/mol. The number of aromatic nitrogens is 4. The van der Waals surface area contributed by atoms with Crippen LogP contribution < -0.4 is 5.56 Å². The Morgan fingerprint density at radius 2 is 2.37 bits per heavy atom. The first-order valence-corrected chi connectivity index (χ1v) is 6.17. The van der Waals surface area contributed by atoms with E-state index in [0.717, 1.165) is 18.7 Å². The fourth-order valence-corrected chi connectivity index (χ4v) is 2.03. The molecule has 0 saturated carbocycles. The van der Waals surface area contributed by atoms with Gasteiger partial charge in [-0.15, -0.1) is 0 Å². The van der Waals surface area contributed by atoms with E-state index in [-0.39, 0.29) is 18.0 Å². The molecule has 0 aliphatic carbocycles. The molecule has 100 valence electrons. The highest BCUT2D eigenvalue weighted by Gasteiger charge is 2.23. The summed E-state index contributed by atoms with van der Waals surface area (Å²) in [6, 6.07) is 3.15. The number of ether oxygens (including phenoxy) is 1. The summed E-state index contributed by atoms with van der Waals surface area (Å²) in [7, 11) is 0. The van der Waals surface area contributed by atoms with Crippen molar-refractivity contribution in [2.45, 2.75) is 25.8 Å². The van der Waals surface area contributed by atoms with Gasteiger partial charge in [-0.2, -0.15) is 10.1 Å². The van der Waals surface area contributed by atoms with Gasteiger partial charge in [-0.3, -0.25) is 4.79 Å². The molecule has 1 saturated heterocycles. The van der Waals surface area contributed by atoms with Crippen molar-refractivity contribution in [3.8, 4) is 0 Å². The van der Waals surface area contributed by atoms with Crippen molar-refractivity contribution in [1.82, 2.24) is 19.9 Å². The summed E-state index contributed by atoms with van der Waals surface area (Å²) < 4.78 is 11.8. The summed E-state index contributed by atoms with van der Waals surface area (Å²) in [6.07, 6.45) is 0.904. The van der Waals surface area contributed by atoms with E-state index in [0.29, 0.717) is 18.3 Å². The van der Waals surface area contributed by atoms with Crippen molar-refractivity contribution >= 4 is 0 Å². The average Bonchev–Trinajstić information content (AvgIpc) is 3.04. The summed E-state index contributed by atoms with van der Waals surface area (Å²) in [4.78, 5) is 15.9. The molecule has 1 atom stereocenters. The predicted octanol–water partition coefficient (Wildman–Crippen LogP) is 0.487. The molecule has 1 fully saturated rings. The molecule has 7 heteroatoms. The molecule has 19 heavy (non-hydrogen) atoms. The van der Waals surface area contributed by atoms with Crippen LogP contribution in [0.4, 0.5) is 0 Å². The molecule has 0 bridgehead atoms. The Kier molecular flexibility index (Phi) is 3.12. The zero-order valence-electron chi connectivity index (χ0n) is 10.6. The molecule has 0 radical (unpaired) electrons. The maximum Gasteiger partial charge on any atom is 0.267 e. The van der Waals surface area contributed by atoms with Gasteiger partial charge in [0.05, 0.1) is 12.3 Å². The van der Waals surface area contributed by atoms with Gasteiger partial charge >= 0.3 is 0 Å². The first-order valence-electron chi connectivity index (χ1n) is 6.17. The predicted molar refractivity (Wildman–Crippen MR) is 64.8 cm³/mol. The maximum atomic E-state index is 11.6. The lowest BCUT2D eigenvalue weighted by Gasteiger charge is -2.01. The van der Waals surface area contributed by atoms with Crippen LogP contribution in [-0.4, -0.2) is 33.1 Å². The molecule has 0 spiro atoms. The highest BCUT2D eigenvalue weighted by Crippen LogP contribution is 2.22. The fraction of sp³-hybridized carbons (Fsp3) is 0.500. The van der Waals surface area contributed by atoms with Gasteiger partial charge in [0.15, 0.2) is 5.82 Å². The van der Waals surface area contributed by atoms with Crippen molar-refractivity contribution in [3.05, 3.63) is 39.9 Å². The Bertz CT molecular complexity index is 628. The molecule has 1 aliphatic heterocycles. The second kappa shape index (κ2) is 4.93. The topological polar surface area (TPSA) is 83.0 Å². The van der Waals surface area contributed by atoms with E-state index in [1.54, 1.807) is 6.07 Å². The van der Waals surface area contributed by atoms with Gasteiger partial charge in [0, 0.05) is 18.6 Å². The number of aryl methyl sites for hydroxylation is 1. The van der Waals surface area contributed by atoms with Crippen molar-refractivity contribution in [2.75, 3.05) is 13.2 Å². The second-order valence-electron chi connectivity index (χ2n) is 4.58. The highest BCUT2D eigenvalue weighted by atomic mass is 16.5. The number of rotatable bonds is 3. The summed E-state index contributed by atoms with van der Waals surface area (Å²) in [6.45, 7) is 3.38. The molecule has 1 unspecified atom stereocenters. The van der Waals surface area contributed by atoms with Gasteiger partial charge in [-0.05, 0) is 19.4 Å². The Balaban J connectivity index is 1.79. The monoisotopic (exact) mass is 262 g/mol. The molecule has 3 heterocycles. The van der Waals surface area contributed by atoms with Crippen LogP contribution in [0.25, 0.3) is 0 Å². The summed E-state index contributed by atoms with van der Waals surface area (Å²) in [5.74, 6) is 1.23. The van der Waals surface area contributed by atoms with Crippen LogP contribution in [0.15, 0.2) is 21.5 Å². The quantitative estimate of drug-likeness (QED) is 0.800. The van der Waals surface area contributed by atoms with Crippen LogP contribution in [0, 0.1) is 6.92 Å². The minimum Gasteiger partial charge on any atom is -0.381 e. The molecule has 1 aliphatic rings. The number of hydrogen-bond acceptors (Lipinski definition) is 6.